The number of thioether (sulfide) groups is 1. The molecule has 0 aliphatic carbocycles. The third kappa shape index (κ3) is 4.32. The van der Waals surface area contributed by atoms with Gasteiger partial charge >= 0.3 is 0 Å². The number of carbonyl (C=O) groups is 1. The number of aromatic nitrogens is 2. The van der Waals surface area contributed by atoms with Crippen LogP contribution in [0, 0.1) is 10.1 Å². The number of hydrogen-bond donors (Lipinski definition) is 1. The van der Waals surface area contributed by atoms with Gasteiger partial charge < -0.3 is 9.88 Å². The van der Waals surface area contributed by atoms with Gasteiger partial charge in [0.1, 0.15) is 0 Å². The Labute approximate surface area is 138 Å². The largest absolute Gasteiger partial charge is 0.325 e. The molecule has 2 rings (SSSR count). The highest BCUT2D eigenvalue weighted by Gasteiger charge is 2.18. The summed E-state index contributed by atoms with van der Waals surface area (Å²) < 4.78 is 1.99. The minimum atomic E-state index is -0.493. The van der Waals surface area contributed by atoms with Crippen molar-refractivity contribution in [3.63, 3.8) is 0 Å². The molecule has 0 fully saturated rings. The van der Waals surface area contributed by atoms with Crippen LogP contribution in [-0.2, 0) is 4.79 Å². The summed E-state index contributed by atoms with van der Waals surface area (Å²) in [5, 5.41) is 13.8. The van der Waals surface area contributed by atoms with E-state index >= 15 is 0 Å². The third-order valence-electron chi connectivity index (χ3n) is 3.17. The number of amides is 1. The van der Waals surface area contributed by atoms with Gasteiger partial charge in [0.05, 0.1) is 10.2 Å². The van der Waals surface area contributed by atoms with Gasteiger partial charge in [0.2, 0.25) is 5.91 Å². The molecule has 122 valence electrons. The van der Waals surface area contributed by atoms with Crippen LogP contribution in [0.15, 0.2) is 41.8 Å². The topological polar surface area (TPSA) is 90.1 Å². The maximum absolute atomic E-state index is 12.3. The molecular formula is C15H18N4O3S. The van der Waals surface area contributed by atoms with Gasteiger partial charge in [0, 0.05) is 36.3 Å². The molecule has 2 aromatic rings. The summed E-state index contributed by atoms with van der Waals surface area (Å²) in [6, 6.07) is 6.14. The van der Waals surface area contributed by atoms with Crippen LogP contribution in [0.2, 0.25) is 0 Å². The molecule has 0 aliphatic rings. The van der Waals surface area contributed by atoms with E-state index in [4.69, 9.17) is 0 Å². The van der Waals surface area contributed by atoms with Crippen LogP contribution in [0.25, 0.3) is 0 Å². The first-order valence-corrected chi connectivity index (χ1v) is 8.01. The average Bonchev–Trinajstić information content (AvgIpc) is 2.95. The smallest absolute Gasteiger partial charge is 0.271 e. The molecule has 0 unspecified atom stereocenters. The van der Waals surface area contributed by atoms with Gasteiger partial charge in [-0.05, 0) is 26.8 Å². The molecule has 0 saturated carbocycles. The molecule has 7 nitrogen and oxygen atoms in total. The first-order valence-electron chi connectivity index (χ1n) is 7.13. The highest BCUT2D eigenvalue weighted by Crippen LogP contribution is 2.25. The van der Waals surface area contributed by atoms with Crippen LogP contribution in [0.1, 0.15) is 26.8 Å². The zero-order valence-corrected chi connectivity index (χ0v) is 13.9. The van der Waals surface area contributed by atoms with Crippen molar-refractivity contribution in [1.29, 1.82) is 0 Å². The van der Waals surface area contributed by atoms with E-state index in [9.17, 15) is 14.9 Å². The summed E-state index contributed by atoms with van der Waals surface area (Å²) in [5.41, 5.74) is 0.349. The molecule has 1 N–H and O–H groups in total. The zero-order chi connectivity index (χ0) is 17.0. The standard InChI is InChI=1S/C15H18N4O3S/c1-10(2)18-8-7-16-15(18)23-11(3)14(20)17-12-5-4-6-13(9-12)19(21)22/h4-11H,1-3H3,(H,17,20)/t11-/m0/s1. The number of rotatable bonds is 6. The number of nitro groups is 1. The summed E-state index contributed by atoms with van der Waals surface area (Å²) in [5.74, 6) is -0.228. The van der Waals surface area contributed by atoms with Crippen molar-refractivity contribution in [1.82, 2.24) is 9.55 Å². The monoisotopic (exact) mass is 334 g/mol. The molecule has 0 spiro atoms. The Kier molecular flexibility index (Phi) is 5.38. The third-order valence-corrected chi connectivity index (χ3v) is 4.26. The quantitative estimate of drug-likeness (QED) is 0.496. The average molecular weight is 334 g/mol. The lowest BCUT2D eigenvalue weighted by molar-refractivity contribution is -0.384. The molecule has 23 heavy (non-hydrogen) atoms. The minimum Gasteiger partial charge on any atom is -0.325 e. The SMILES string of the molecule is CC(C)n1ccnc1S[C@@H](C)C(=O)Nc1cccc([N+](=O)[O-])c1. The predicted octanol–water partition coefficient (Wildman–Crippen LogP) is 3.49. The number of benzene rings is 1. The molecule has 1 heterocycles. The number of non-ortho nitro benzene ring substituents is 1. The molecule has 0 saturated heterocycles. The van der Waals surface area contributed by atoms with Crippen LogP contribution in [0.5, 0.6) is 0 Å². The summed E-state index contributed by atoms with van der Waals surface area (Å²) in [6.07, 6.45) is 3.58. The minimum absolute atomic E-state index is 0.0570. The number of anilines is 1. The maximum Gasteiger partial charge on any atom is 0.271 e. The number of carbonyl (C=O) groups excluding carboxylic acids is 1. The van der Waals surface area contributed by atoms with E-state index in [-0.39, 0.29) is 22.9 Å². The van der Waals surface area contributed by atoms with Gasteiger partial charge in [-0.15, -0.1) is 0 Å². The number of nitrogens with one attached hydrogen (secondary N) is 1. The second-order valence-corrected chi connectivity index (χ2v) is 6.58. The van der Waals surface area contributed by atoms with Crippen LogP contribution in [-0.4, -0.2) is 25.6 Å². The summed E-state index contributed by atoms with van der Waals surface area (Å²) in [7, 11) is 0. The van der Waals surface area contributed by atoms with Crippen molar-refractivity contribution in [2.75, 3.05) is 5.32 Å². The molecule has 1 amide bonds. The van der Waals surface area contributed by atoms with E-state index in [1.807, 2.05) is 24.6 Å². The number of hydrogen-bond acceptors (Lipinski definition) is 5. The Hall–Kier alpha value is -2.35. The summed E-state index contributed by atoms with van der Waals surface area (Å²) in [4.78, 5) is 26.8. The Morgan fingerprint density at radius 1 is 1.39 bits per heavy atom. The van der Waals surface area contributed by atoms with Gasteiger partial charge in [-0.1, -0.05) is 17.8 Å². The lowest BCUT2D eigenvalue weighted by atomic mass is 10.2. The summed E-state index contributed by atoms with van der Waals surface area (Å²) >= 11 is 1.35. The fourth-order valence-corrected chi connectivity index (χ4v) is 2.93. The molecule has 1 aromatic heterocycles. The Morgan fingerprint density at radius 3 is 2.78 bits per heavy atom. The Morgan fingerprint density at radius 2 is 2.13 bits per heavy atom. The molecule has 0 aliphatic heterocycles. The summed E-state index contributed by atoms with van der Waals surface area (Å²) in [6.45, 7) is 5.86. The van der Waals surface area contributed by atoms with Gasteiger partial charge in [0.25, 0.3) is 5.69 Å². The number of imidazole rings is 1. The van der Waals surface area contributed by atoms with Crippen molar-refractivity contribution in [3.8, 4) is 0 Å². The molecular weight excluding hydrogens is 316 g/mol. The van der Waals surface area contributed by atoms with E-state index in [2.05, 4.69) is 10.3 Å². The van der Waals surface area contributed by atoms with Crippen molar-refractivity contribution in [2.45, 2.75) is 37.2 Å². The van der Waals surface area contributed by atoms with E-state index in [1.54, 1.807) is 19.2 Å². The fraction of sp³-hybridized carbons (Fsp3) is 0.333. The first-order chi connectivity index (χ1) is 10.9. The lowest BCUT2D eigenvalue weighted by Crippen LogP contribution is -2.23. The zero-order valence-electron chi connectivity index (χ0n) is 13.1. The van der Waals surface area contributed by atoms with E-state index in [0.29, 0.717) is 5.69 Å². The fourth-order valence-electron chi connectivity index (χ4n) is 1.94. The van der Waals surface area contributed by atoms with E-state index in [0.717, 1.165) is 5.16 Å². The normalized spacial score (nSPS) is 12.2. The van der Waals surface area contributed by atoms with Gasteiger partial charge in [-0.25, -0.2) is 4.98 Å². The van der Waals surface area contributed by atoms with Crippen LogP contribution in [0.3, 0.4) is 0 Å². The van der Waals surface area contributed by atoms with Crippen molar-refractivity contribution in [3.05, 3.63) is 46.8 Å². The van der Waals surface area contributed by atoms with E-state index < -0.39 is 4.92 Å². The van der Waals surface area contributed by atoms with Gasteiger partial charge in [0.15, 0.2) is 5.16 Å². The Bertz CT molecular complexity index is 714. The maximum atomic E-state index is 12.3. The Balaban J connectivity index is 2.04. The second kappa shape index (κ2) is 7.28. The highest BCUT2D eigenvalue weighted by molar-refractivity contribution is 8.00. The van der Waals surface area contributed by atoms with Crippen LogP contribution < -0.4 is 5.32 Å². The molecule has 0 radical (unpaired) electrons. The first kappa shape index (κ1) is 17.0. The highest BCUT2D eigenvalue weighted by atomic mass is 32.2. The van der Waals surface area contributed by atoms with E-state index in [1.165, 1.54) is 30.0 Å². The van der Waals surface area contributed by atoms with Crippen molar-refractivity contribution in [2.24, 2.45) is 0 Å². The predicted molar refractivity (Wildman–Crippen MR) is 89.7 cm³/mol. The second-order valence-electron chi connectivity index (χ2n) is 5.27. The molecule has 8 heteroatoms. The van der Waals surface area contributed by atoms with Crippen molar-refractivity contribution < 1.29 is 9.72 Å². The number of nitrogens with zero attached hydrogens (tertiary/aromatic N) is 3. The molecule has 1 aromatic carbocycles. The van der Waals surface area contributed by atoms with Gasteiger partial charge in [-0.2, -0.15) is 0 Å². The lowest BCUT2D eigenvalue weighted by Gasteiger charge is -2.14. The molecule has 0 bridgehead atoms. The molecule has 1 atom stereocenters. The van der Waals surface area contributed by atoms with Crippen molar-refractivity contribution >= 4 is 29.0 Å². The van der Waals surface area contributed by atoms with Gasteiger partial charge in [-0.3, -0.25) is 14.9 Å². The van der Waals surface area contributed by atoms with Crippen LogP contribution in [0.4, 0.5) is 11.4 Å². The van der Waals surface area contributed by atoms with Crippen LogP contribution >= 0.6 is 11.8 Å². The number of nitro benzene ring substituents is 1.